The van der Waals surface area contributed by atoms with Gasteiger partial charge in [-0.15, -0.1) is 0 Å². The van der Waals surface area contributed by atoms with Crippen LogP contribution in [0.15, 0.2) is 42.5 Å². The zero-order valence-corrected chi connectivity index (χ0v) is 10.4. The number of halogens is 1. The fourth-order valence-corrected chi connectivity index (χ4v) is 1.70. The van der Waals surface area contributed by atoms with E-state index < -0.39 is 0 Å². The van der Waals surface area contributed by atoms with Crippen LogP contribution in [0.1, 0.15) is 11.1 Å². The van der Waals surface area contributed by atoms with Gasteiger partial charge in [-0.3, -0.25) is 0 Å². The number of methoxy groups -OCH3 is 1. The molecule has 0 aliphatic heterocycles. The van der Waals surface area contributed by atoms with Crippen LogP contribution in [0.25, 0.3) is 0 Å². The van der Waals surface area contributed by atoms with E-state index in [1.807, 2.05) is 31.2 Å². The van der Waals surface area contributed by atoms with Crippen molar-refractivity contribution in [2.45, 2.75) is 13.5 Å². The van der Waals surface area contributed by atoms with E-state index in [2.05, 4.69) is 0 Å². The van der Waals surface area contributed by atoms with Gasteiger partial charge in [-0.1, -0.05) is 30.3 Å². The van der Waals surface area contributed by atoms with Crippen molar-refractivity contribution in [1.29, 1.82) is 0 Å². The van der Waals surface area contributed by atoms with Crippen molar-refractivity contribution >= 4 is 0 Å². The van der Waals surface area contributed by atoms with Crippen molar-refractivity contribution < 1.29 is 13.9 Å². The molecule has 18 heavy (non-hydrogen) atoms. The second-order valence-electron chi connectivity index (χ2n) is 3.99. The largest absolute Gasteiger partial charge is 0.494 e. The van der Waals surface area contributed by atoms with Gasteiger partial charge in [-0.2, -0.15) is 0 Å². The molecule has 0 N–H and O–H groups in total. The van der Waals surface area contributed by atoms with Crippen LogP contribution in [0, 0.1) is 12.7 Å². The summed E-state index contributed by atoms with van der Waals surface area (Å²) in [4.78, 5) is 0. The first-order valence-corrected chi connectivity index (χ1v) is 5.72. The quantitative estimate of drug-likeness (QED) is 0.818. The number of para-hydroxylation sites is 1. The third-order valence-corrected chi connectivity index (χ3v) is 2.74. The number of hydrogen-bond donors (Lipinski definition) is 0. The molecule has 0 atom stereocenters. The summed E-state index contributed by atoms with van der Waals surface area (Å²) >= 11 is 0. The van der Waals surface area contributed by atoms with Crippen LogP contribution in [0.2, 0.25) is 0 Å². The number of benzene rings is 2. The molecule has 2 aromatic rings. The van der Waals surface area contributed by atoms with Gasteiger partial charge in [0.15, 0.2) is 11.6 Å². The van der Waals surface area contributed by atoms with Crippen LogP contribution in [0.3, 0.4) is 0 Å². The number of hydrogen-bond acceptors (Lipinski definition) is 2. The summed E-state index contributed by atoms with van der Waals surface area (Å²) in [6, 6.07) is 12.7. The Morgan fingerprint density at radius 1 is 1.00 bits per heavy atom. The molecule has 3 heteroatoms. The molecule has 2 aromatic carbocycles. The molecule has 0 unspecified atom stereocenters. The molecular formula is C15H15FO2. The highest BCUT2D eigenvalue weighted by Gasteiger charge is 2.09. The molecule has 0 aliphatic rings. The van der Waals surface area contributed by atoms with Gasteiger partial charge in [-0.05, 0) is 24.6 Å². The van der Waals surface area contributed by atoms with Crippen molar-refractivity contribution in [2.24, 2.45) is 0 Å². The topological polar surface area (TPSA) is 18.5 Å². The molecule has 2 rings (SSSR count). The second-order valence-corrected chi connectivity index (χ2v) is 3.99. The van der Waals surface area contributed by atoms with E-state index in [1.165, 1.54) is 7.11 Å². The summed E-state index contributed by atoms with van der Waals surface area (Å²) in [7, 11) is 1.45. The highest BCUT2D eigenvalue weighted by atomic mass is 19.1. The van der Waals surface area contributed by atoms with Gasteiger partial charge < -0.3 is 9.47 Å². The van der Waals surface area contributed by atoms with Gasteiger partial charge in [0.2, 0.25) is 0 Å². The van der Waals surface area contributed by atoms with Crippen LogP contribution < -0.4 is 9.47 Å². The highest BCUT2D eigenvalue weighted by molar-refractivity contribution is 5.34. The number of rotatable bonds is 4. The molecule has 0 saturated carbocycles. The monoisotopic (exact) mass is 246 g/mol. The van der Waals surface area contributed by atoms with Crippen LogP contribution >= 0.6 is 0 Å². The first kappa shape index (κ1) is 12.4. The average molecular weight is 246 g/mol. The fourth-order valence-electron chi connectivity index (χ4n) is 1.70. The minimum atomic E-state index is -0.367. The SMILES string of the molecule is COc1cccc(COc2ccccc2C)c1F. The molecule has 0 saturated heterocycles. The molecule has 0 amide bonds. The molecule has 94 valence electrons. The van der Waals surface area contributed by atoms with E-state index in [0.717, 1.165) is 11.3 Å². The average Bonchev–Trinajstić information content (AvgIpc) is 2.39. The third kappa shape index (κ3) is 2.62. The van der Waals surface area contributed by atoms with E-state index >= 15 is 0 Å². The van der Waals surface area contributed by atoms with Crippen LogP contribution in [-0.2, 0) is 6.61 Å². The molecule has 0 fully saturated rings. The summed E-state index contributed by atoms with van der Waals surface area (Å²) in [5.74, 6) is 0.634. The first-order valence-electron chi connectivity index (χ1n) is 5.72. The van der Waals surface area contributed by atoms with Gasteiger partial charge in [0.05, 0.1) is 7.11 Å². The Bertz CT molecular complexity index is 538. The Labute approximate surface area is 106 Å². The zero-order valence-electron chi connectivity index (χ0n) is 10.4. The van der Waals surface area contributed by atoms with Crippen LogP contribution in [0.4, 0.5) is 4.39 Å². The third-order valence-electron chi connectivity index (χ3n) is 2.74. The van der Waals surface area contributed by atoms with Crippen molar-refractivity contribution in [1.82, 2.24) is 0 Å². The predicted octanol–water partition coefficient (Wildman–Crippen LogP) is 3.72. The maximum atomic E-state index is 13.9. The molecule has 0 aliphatic carbocycles. The van der Waals surface area contributed by atoms with Crippen LogP contribution in [0.5, 0.6) is 11.5 Å². The summed E-state index contributed by atoms with van der Waals surface area (Å²) in [6.45, 7) is 2.14. The van der Waals surface area contributed by atoms with Crippen LogP contribution in [-0.4, -0.2) is 7.11 Å². The molecule has 0 spiro atoms. The lowest BCUT2D eigenvalue weighted by Crippen LogP contribution is -2.01. The summed E-state index contributed by atoms with van der Waals surface area (Å²) < 4.78 is 24.4. The maximum absolute atomic E-state index is 13.9. The van der Waals surface area contributed by atoms with Gasteiger partial charge in [-0.25, -0.2) is 4.39 Å². The first-order chi connectivity index (χ1) is 8.72. The fraction of sp³-hybridized carbons (Fsp3) is 0.200. The lowest BCUT2D eigenvalue weighted by molar-refractivity contribution is 0.294. The molecule has 0 heterocycles. The van der Waals surface area contributed by atoms with Gasteiger partial charge in [0.25, 0.3) is 0 Å². The highest BCUT2D eigenvalue weighted by Crippen LogP contribution is 2.23. The number of aryl methyl sites for hydroxylation is 1. The molecular weight excluding hydrogens is 231 g/mol. The molecule has 0 radical (unpaired) electrons. The Morgan fingerprint density at radius 2 is 1.72 bits per heavy atom. The van der Waals surface area contributed by atoms with E-state index in [1.54, 1.807) is 18.2 Å². The molecule has 0 aromatic heterocycles. The number of ether oxygens (including phenoxy) is 2. The van der Waals surface area contributed by atoms with E-state index in [-0.39, 0.29) is 18.2 Å². The van der Waals surface area contributed by atoms with E-state index in [4.69, 9.17) is 9.47 Å². The Hall–Kier alpha value is -2.03. The maximum Gasteiger partial charge on any atom is 0.171 e. The Morgan fingerprint density at radius 3 is 2.44 bits per heavy atom. The minimum Gasteiger partial charge on any atom is -0.494 e. The van der Waals surface area contributed by atoms with Crippen molar-refractivity contribution in [3.8, 4) is 11.5 Å². The van der Waals surface area contributed by atoms with Gasteiger partial charge in [0.1, 0.15) is 12.4 Å². The second kappa shape index (κ2) is 5.54. The van der Waals surface area contributed by atoms with E-state index in [0.29, 0.717) is 5.56 Å². The minimum absolute atomic E-state index is 0.188. The summed E-state index contributed by atoms with van der Waals surface area (Å²) in [6.07, 6.45) is 0. The van der Waals surface area contributed by atoms with Crippen molar-refractivity contribution in [3.63, 3.8) is 0 Å². The Balaban J connectivity index is 2.14. The molecule has 0 bridgehead atoms. The standard InChI is InChI=1S/C15H15FO2/c1-11-6-3-4-8-13(11)18-10-12-7-5-9-14(17-2)15(12)16/h3-9H,10H2,1-2H3. The summed E-state index contributed by atoms with van der Waals surface area (Å²) in [5, 5.41) is 0. The Kier molecular flexibility index (Phi) is 3.82. The summed E-state index contributed by atoms with van der Waals surface area (Å²) in [5.41, 5.74) is 1.51. The predicted molar refractivity (Wildman–Crippen MR) is 68.5 cm³/mol. The van der Waals surface area contributed by atoms with Crippen molar-refractivity contribution in [2.75, 3.05) is 7.11 Å². The zero-order chi connectivity index (χ0) is 13.0. The smallest absolute Gasteiger partial charge is 0.171 e. The molecule has 2 nitrogen and oxygen atoms in total. The van der Waals surface area contributed by atoms with Crippen molar-refractivity contribution in [3.05, 3.63) is 59.4 Å². The normalized spacial score (nSPS) is 10.2. The van der Waals surface area contributed by atoms with E-state index in [9.17, 15) is 4.39 Å². The van der Waals surface area contributed by atoms with Gasteiger partial charge in [0, 0.05) is 5.56 Å². The lowest BCUT2D eigenvalue weighted by Gasteiger charge is -2.10. The lowest BCUT2D eigenvalue weighted by atomic mass is 10.2. The van der Waals surface area contributed by atoms with Gasteiger partial charge >= 0.3 is 0 Å².